The van der Waals surface area contributed by atoms with E-state index in [9.17, 15) is 18.0 Å². The number of esters is 1. The summed E-state index contributed by atoms with van der Waals surface area (Å²) < 4.78 is 82.6. The average Bonchev–Trinajstić information content (AvgIpc) is 3.06. The number of ether oxygens (including phenoxy) is 8. The van der Waals surface area contributed by atoms with Crippen LogP contribution in [0.4, 0.5) is 24.5 Å². The minimum Gasteiger partial charge on any atom is -0.460 e. The maximum atomic E-state index is 13.0. The number of nitrogens with one attached hydrogen (secondary N) is 1. The first kappa shape index (κ1) is 40.4. The first-order valence-electron chi connectivity index (χ1n) is 16.2. The highest BCUT2D eigenvalue weighted by molar-refractivity contribution is 5.96. The molecule has 47 heavy (non-hydrogen) atoms. The molecule has 0 spiro atoms. The molecule has 10 nitrogen and oxygen atoms in total. The van der Waals surface area contributed by atoms with Crippen molar-refractivity contribution in [1.29, 1.82) is 0 Å². The van der Waals surface area contributed by atoms with Gasteiger partial charge in [-0.15, -0.1) is 0 Å². The molecule has 0 unspecified atom stereocenters. The van der Waals surface area contributed by atoms with E-state index >= 15 is 0 Å². The molecule has 2 aromatic carbocycles. The fourth-order valence-electron chi connectivity index (χ4n) is 4.02. The Balaban J connectivity index is 1.37. The molecule has 1 N–H and O–H groups in total. The summed E-state index contributed by atoms with van der Waals surface area (Å²) in [4.78, 5) is 12.6. The van der Waals surface area contributed by atoms with Crippen LogP contribution >= 0.6 is 0 Å². The number of anilines is 2. The van der Waals surface area contributed by atoms with Crippen molar-refractivity contribution in [3.05, 3.63) is 59.7 Å². The van der Waals surface area contributed by atoms with Gasteiger partial charge in [0.05, 0.1) is 103 Å². The summed E-state index contributed by atoms with van der Waals surface area (Å²) in [5.41, 5.74) is -0.0685. The second-order valence-electron chi connectivity index (χ2n) is 10.2. The van der Waals surface area contributed by atoms with Crippen molar-refractivity contribution in [1.82, 2.24) is 0 Å². The molecule has 0 amide bonds. The van der Waals surface area contributed by atoms with Crippen LogP contribution in [0, 0.1) is 0 Å². The summed E-state index contributed by atoms with van der Waals surface area (Å²) in [6.07, 6.45) is 0.343. The third kappa shape index (κ3) is 20.2. The van der Waals surface area contributed by atoms with Gasteiger partial charge in [-0.25, -0.2) is 4.79 Å². The Morgan fingerprint density at radius 1 is 0.596 bits per heavy atom. The number of alkyl halides is 3. The third-order valence-electron chi connectivity index (χ3n) is 6.45. The summed E-state index contributed by atoms with van der Waals surface area (Å²) in [7, 11) is 0. The van der Waals surface area contributed by atoms with Crippen LogP contribution in [0.25, 0.3) is 0 Å². The summed E-state index contributed by atoms with van der Waals surface area (Å²) >= 11 is 0. The van der Waals surface area contributed by atoms with Crippen LogP contribution in [0.3, 0.4) is 0 Å². The predicted molar refractivity (Wildman–Crippen MR) is 171 cm³/mol. The Bertz CT molecular complexity index is 1080. The van der Waals surface area contributed by atoms with E-state index in [0.29, 0.717) is 85.0 Å². The Hall–Kier alpha value is -2.78. The molecule has 0 saturated carbocycles. The number of para-hydroxylation sites is 1. The normalized spacial score (nSPS) is 11.6. The number of unbranched alkanes of at least 4 members (excludes halogenated alkanes) is 3. The molecule has 0 radical (unpaired) electrons. The number of halogens is 3. The van der Waals surface area contributed by atoms with Crippen LogP contribution in [0.5, 0.6) is 0 Å². The molecular formula is C34H50F3NO9. The van der Waals surface area contributed by atoms with Gasteiger partial charge in [0.2, 0.25) is 0 Å². The molecule has 0 aliphatic carbocycles. The lowest BCUT2D eigenvalue weighted by Crippen LogP contribution is -2.15. The van der Waals surface area contributed by atoms with Gasteiger partial charge in [0.25, 0.3) is 0 Å². The number of carbonyl (C=O) groups is 1. The number of benzene rings is 2. The van der Waals surface area contributed by atoms with Crippen molar-refractivity contribution in [2.45, 2.75) is 38.8 Å². The maximum absolute atomic E-state index is 13.0. The van der Waals surface area contributed by atoms with E-state index in [2.05, 4.69) is 12.2 Å². The molecule has 0 heterocycles. The number of carbonyl (C=O) groups excluding carboxylic acids is 1. The van der Waals surface area contributed by atoms with E-state index < -0.39 is 17.7 Å². The van der Waals surface area contributed by atoms with E-state index in [4.69, 9.17) is 37.9 Å². The van der Waals surface area contributed by atoms with E-state index in [0.717, 1.165) is 25.2 Å². The van der Waals surface area contributed by atoms with Crippen LogP contribution in [0.1, 0.15) is 48.5 Å². The summed E-state index contributed by atoms with van der Waals surface area (Å²) in [6, 6.07) is 11.2. The molecule has 0 aromatic heterocycles. The molecule has 0 aliphatic rings. The standard InChI is InChI=1S/C34H50F3NO9/c1-2-3-4-7-13-40-14-15-41-16-17-42-18-19-43-20-21-44-22-23-45-24-25-46-26-27-47-33(39)31-11-5-6-12-32(31)38-30-10-8-9-29(28-30)34(35,36)37/h5-6,8-12,28,38H,2-4,7,13-27H2,1H3. The first-order chi connectivity index (χ1) is 22.9. The molecule has 0 atom stereocenters. The van der Waals surface area contributed by atoms with Gasteiger partial charge in [0.1, 0.15) is 6.61 Å². The average molecular weight is 674 g/mol. The zero-order valence-electron chi connectivity index (χ0n) is 27.4. The van der Waals surface area contributed by atoms with Gasteiger partial charge in [-0.05, 0) is 36.8 Å². The van der Waals surface area contributed by atoms with Crippen molar-refractivity contribution in [2.24, 2.45) is 0 Å². The van der Waals surface area contributed by atoms with E-state index in [1.807, 2.05) is 0 Å². The fourth-order valence-corrected chi connectivity index (χ4v) is 4.02. The van der Waals surface area contributed by atoms with Crippen molar-refractivity contribution in [3.8, 4) is 0 Å². The summed E-state index contributed by atoms with van der Waals surface area (Å²) in [5, 5.41) is 2.86. The number of hydrogen-bond acceptors (Lipinski definition) is 10. The van der Waals surface area contributed by atoms with Crippen molar-refractivity contribution < 1.29 is 55.9 Å². The molecule has 0 bridgehead atoms. The molecule has 2 aromatic rings. The van der Waals surface area contributed by atoms with Gasteiger partial charge in [-0.2, -0.15) is 13.2 Å². The molecule has 0 aliphatic heterocycles. The highest BCUT2D eigenvalue weighted by atomic mass is 19.4. The molecule has 0 fully saturated rings. The lowest BCUT2D eigenvalue weighted by atomic mass is 10.1. The smallest absolute Gasteiger partial charge is 0.416 e. The Morgan fingerprint density at radius 2 is 1.09 bits per heavy atom. The van der Waals surface area contributed by atoms with Gasteiger partial charge < -0.3 is 43.2 Å². The van der Waals surface area contributed by atoms with Crippen molar-refractivity contribution in [2.75, 3.05) is 104 Å². The van der Waals surface area contributed by atoms with Crippen molar-refractivity contribution in [3.63, 3.8) is 0 Å². The maximum Gasteiger partial charge on any atom is 0.416 e. The monoisotopic (exact) mass is 673 g/mol. The third-order valence-corrected chi connectivity index (χ3v) is 6.45. The van der Waals surface area contributed by atoms with E-state index in [1.54, 1.807) is 18.2 Å². The topological polar surface area (TPSA) is 103 Å². The Labute approximate surface area is 276 Å². The highest BCUT2D eigenvalue weighted by Gasteiger charge is 2.30. The lowest BCUT2D eigenvalue weighted by molar-refractivity contribution is -0.137. The zero-order valence-corrected chi connectivity index (χ0v) is 27.4. The predicted octanol–water partition coefficient (Wildman–Crippen LogP) is 6.30. The number of hydrogen-bond donors (Lipinski definition) is 1. The zero-order chi connectivity index (χ0) is 33.8. The fraction of sp³-hybridized carbons (Fsp3) is 0.618. The summed E-state index contributed by atoms with van der Waals surface area (Å²) in [6.45, 7) is 8.78. The van der Waals surface area contributed by atoms with Crippen LogP contribution < -0.4 is 5.32 Å². The summed E-state index contributed by atoms with van der Waals surface area (Å²) in [5.74, 6) is -0.622. The quantitative estimate of drug-likeness (QED) is 0.0782. The van der Waals surface area contributed by atoms with Gasteiger partial charge in [-0.3, -0.25) is 0 Å². The van der Waals surface area contributed by atoms with Gasteiger partial charge in [-0.1, -0.05) is 44.4 Å². The molecule has 2 rings (SSSR count). The largest absolute Gasteiger partial charge is 0.460 e. The van der Waals surface area contributed by atoms with Gasteiger partial charge in [0.15, 0.2) is 0 Å². The molecule has 0 saturated heterocycles. The Kier molecular flexibility index (Phi) is 22.5. The molecule has 266 valence electrons. The van der Waals surface area contributed by atoms with Gasteiger partial charge in [0, 0.05) is 12.3 Å². The minimum absolute atomic E-state index is 0.00733. The van der Waals surface area contributed by atoms with Crippen molar-refractivity contribution >= 4 is 17.3 Å². The van der Waals surface area contributed by atoms with E-state index in [-0.39, 0.29) is 24.5 Å². The lowest BCUT2D eigenvalue weighted by Gasteiger charge is -2.13. The number of rotatable bonds is 29. The van der Waals surface area contributed by atoms with Crippen LogP contribution in [-0.2, 0) is 44.1 Å². The molecular weight excluding hydrogens is 623 g/mol. The van der Waals surface area contributed by atoms with E-state index in [1.165, 1.54) is 37.5 Å². The minimum atomic E-state index is -4.47. The van der Waals surface area contributed by atoms with Gasteiger partial charge >= 0.3 is 12.1 Å². The SMILES string of the molecule is CCCCCCOCCOCCOCCOCCOCCOCCOCCOC(=O)c1ccccc1Nc1cccc(C(F)(F)F)c1. The van der Waals surface area contributed by atoms with Crippen LogP contribution in [0.15, 0.2) is 48.5 Å². The highest BCUT2D eigenvalue weighted by Crippen LogP contribution is 2.32. The van der Waals surface area contributed by atoms with Crippen LogP contribution in [-0.4, -0.2) is 105 Å². The second kappa shape index (κ2) is 26.2. The first-order valence-corrected chi connectivity index (χ1v) is 16.2. The van der Waals surface area contributed by atoms with Crippen LogP contribution in [0.2, 0.25) is 0 Å². The Morgan fingerprint density at radius 3 is 1.60 bits per heavy atom. The second-order valence-corrected chi connectivity index (χ2v) is 10.2. The molecule has 13 heteroatoms.